The van der Waals surface area contributed by atoms with E-state index in [1.54, 1.807) is 0 Å². The highest BCUT2D eigenvalue weighted by atomic mass is 16.6. The summed E-state index contributed by atoms with van der Waals surface area (Å²) in [5, 5.41) is 12.7. The van der Waals surface area contributed by atoms with Crippen LogP contribution in [-0.2, 0) is 4.74 Å². The number of rotatable bonds is 6. The maximum absolute atomic E-state index is 9.53. The molecule has 0 aliphatic rings. The number of likely N-dealkylation sites (N-methyl/N-ethyl adjacent to an activating group) is 1. The Hall–Kier alpha value is -0.380. The standard InChI is InChI=1S/C11H23NO2/c1-6-14-11(13)9(4)7-10(12-5)8(2)3/h7-8,10-13H,6H2,1-5H3/b9-7+/t10-,11?/m1/s1. The average Bonchev–Trinajstić information content (AvgIpc) is 2.13. The Morgan fingerprint density at radius 1 is 1.50 bits per heavy atom. The zero-order valence-electron chi connectivity index (χ0n) is 9.87. The molecular weight excluding hydrogens is 178 g/mol. The summed E-state index contributed by atoms with van der Waals surface area (Å²) in [6.07, 6.45) is 1.25. The van der Waals surface area contributed by atoms with Gasteiger partial charge in [-0.05, 0) is 32.4 Å². The Balaban J connectivity index is 4.31. The van der Waals surface area contributed by atoms with Crippen LogP contribution in [0, 0.1) is 5.92 Å². The van der Waals surface area contributed by atoms with Crippen molar-refractivity contribution in [2.75, 3.05) is 13.7 Å². The topological polar surface area (TPSA) is 41.5 Å². The van der Waals surface area contributed by atoms with Gasteiger partial charge in [0.1, 0.15) is 0 Å². The first-order chi connectivity index (χ1) is 6.52. The molecule has 0 saturated heterocycles. The Morgan fingerprint density at radius 2 is 2.07 bits per heavy atom. The number of aliphatic hydroxyl groups is 1. The molecule has 1 unspecified atom stereocenters. The molecule has 0 saturated carbocycles. The lowest BCUT2D eigenvalue weighted by atomic mass is 10.0. The van der Waals surface area contributed by atoms with Gasteiger partial charge in [-0.3, -0.25) is 0 Å². The van der Waals surface area contributed by atoms with Gasteiger partial charge in [0.25, 0.3) is 0 Å². The molecule has 0 aromatic carbocycles. The summed E-state index contributed by atoms with van der Waals surface area (Å²) in [6.45, 7) is 8.55. The van der Waals surface area contributed by atoms with Crippen molar-refractivity contribution in [2.24, 2.45) is 5.92 Å². The highest BCUT2D eigenvalue weighted by molar-refractivity contribution is 5.07. The van der Waals surface area contributed by atoms with Crippen molar-refractivity contribution in [3.63, 3.8) is 0 Å². The normalized spacial score (nSPS) is 17.2. The van der Waals surface area contributed by atoms with Gasteiger partial charge in [0.05, 0.1) is 0 Å². The third kappa shape index (κ3) is 4.74. The van der Waals surface area contributed by atoms with Crippen molar-refractivity contribution in [3.05, 3.63) is 11.6 Å². The molecule has 0 aromatic heterocycles. The van der Waals surface area contributed by atoms with Crippen LogP contribution in [0.2, 0.25) is 0 Å². The minimum absolute atomic E-state index is 0.283. The van der Waals surface area contributed by atoms with Gasteiger partial charge in [0.15, 0.2) is 6.29 Å². The summed E-state index contributed by atoms with van der Waals surface area (Å²) in [7, 11) is 1.92. The summed E-state index contributed by atoms with van der Waals surface area (Å²) < 4.78 is 5.09. The predicted octanol–water partition coefficient (Wildman–Crippen LogP) is 1.53. The van der Waals surface area contributed by atoms with E-state index in [1.807, 2.05) is 27.0 Å². The third-order valence-corrected chi connectivity index (χ3v) is 2.21. The van der Waals surface area contributed by atoms with Crippen LogP contribution in [0.1, 0.15) is 27.7 Å². The Labute approximate surface area is 87.2 Å². The maximum Gasteiger partial charge on any atom is 0.176 e. The second-order valence-electron chi connectivity index (χ2n) is 3.78. The van der Waals surface area contributed by atoms with E-state index in [1.165, 1.54) is 0 Å². The SMILES string of the molecule is CCOC(O)/C(C)=C/[C@@H](NC)C(C)C. The van der Waals surface area contributed by atoms with Crippen LogP contribution in [0.25, 0.3) is 0 Å². The molecule has 0 spiro atoms. The lowest BCUT2D eigenvalue weighted by Crippen LogP contribution is -2.29. The van der Waals surface area contributed by atoms with E-state index < -0.39 is 6.29 Å². The van der Waals surface area contributed by atoms with Gasteiger partial charge in [-0.15, -0.1) is 0 Å². The largest absolute Gasteiger partial charge is 0.364 e. The summed E-state index contributed by atoms with van der Waals surface area (Å²) in [4.78, 5) is 0. The molecule has 3 nitrogen and oxygen atoms in total. The molecule has 0 radical (unpaired) electrons. The quantitative estimate of drug-likeness (QED) is 0.506. The van der Waals surface area contributed by atoms with E-state index in [0.29, 0.717) is 12.5 Å². The molecule has 0 aliphatic heterocycles. The molecule has 0 aliphatic carbocycles. The first-order valence-corrected chi connectivity index (χ1v) is 5.18. The number of hydrogen-bond acceptors (Lipinski definition) is 3. The van der Waals surface area contributed by atoms with Gasteiger partial charge in [-0.2, -0.15) is 0 Å². The van der Waals surface area contributed by atoms with Crippen molar-refractivity contribution < 1.29 is 9.84 Å². The van der Waals surface area contributed by atoms with Crippen LogP contribution in [0.4, 0.5) is 0 Å². The van der Waals surface area contributed by atoms with Crippen molar-refractivity contribution in [1.82, 2.24) is 5.32 Å². The molecule has 0 bridgehead atoms. The lowest BCUT2D eigenvalue weighted by molar-refractivity contribution is -0.0672. The smallest absolute Gasteiger partial charge is 0.176 e. The minimum atomic E-state index is -0.769. The van der Waals surface area contributed by atoms with Crippen LogP contribution in [0.3, 0.4) is 0 Å². The van der Waals surface area contributed by atoms with Crippen molar-refractivity contribution in [2.45, 2.75) is 40.0 Å². The average molecular weight is 201 g/mol. The van der Waals surface area contributed by atoms with E-state index in [9.17, 15) is 5.11 Å². The molecule has 2 atom stereocenters. The number of hydrogen-bond donors (Lipinski definition) is 2. The summed E-state index contributed by atoms with van der Waals surface area (Å²) >= 11 is 0. The molecular formula is C11H23NO2. The van der Waals surface area contributed by atoms with E-state index in [-0.39, 0.29) is 6.04 Å². The molecule has 0 amide bonds. The Bertz CT molecular complexity index is 178. The molecule has 3 heteroatoms. The van der Waals surface area contributed by atoms with Crippen LogP contribution >= 0.6 is 0 Å². The van der Waals surface area contributed by atoms with Crippen molar-refractivity contribution >= 4 is 0 Å². The number of nitrogens with one attached hydrogen (secondary N) is 1. The van der Waals surface area contributed by atoms with Gasteiger partial charge < -0.3 is 15.2 Å². The molecule has 2 N–H and O–H groups in total. The van der Waals surface area contributed by atoms with Gasteiger partial charge in [-0.1, -0.05) is 19.9 Å². The second kappa shape index (κ2) is 6.98. The predicted molar refractivity (Wildman–Crippen MR) is 59.1 cm³/mol. The molecule has 0 aromatic rings. The fraction of sp³-hybridized carbons (Fsp3) is 0.818. The first-order valence-electron chi connectivity index (χ1n) is 5.18. The summed E-state index contributed by atoms with van der Waals surface area (Å²) in [5.41, 5.74) is 0.861. The fourth-order valence-corrected chi connectivity index (χ4v) is 1.26. The number of ether oxygens (including phenoxy) is 1. The van der Waals surface area contributed by atoms with Crippen molar-refractivity contribution in [3.8, 4) is 0 Å². The zero-order chi connectivity index (χ0) is 11.1. The third-order valence-electron chi connectivity index (χ3n) is 2.21. The van der Waals surface area contributed by atoms with E-state index in [4.69, 9.17) is 4.74 Å². The van der Waals surface area contributed by atoms with Crippen LogP contribution in [0.15, 0.2) is 11.6 Å². The van der Waals surface area contributed by atoms with Crippen LogP contribution < -0.4 is 5.32 Å². The van der Waals surface area contributed by atoms with Crippen molar-refractivity contribution in [1.29, 1.82) is 0 Å². The Morgan fingerprint density at radius 3 is 2.43 bits per heavy atom. The lowest BCUT2D eigenvalue weighted by Gasteiger charge is -2.19. The molecule has 14 heavy (non-hydrogen) atoms. The fourth-order valence-electron chi connectivity index (χ4n) is 1.26. The first kappa shape index (κ1) is 13.6. The van der Waals surface area contributed by atoms with E-state index >= 15 is 0 Å². The molecule has 84 valence electrons. The molecule has 0 fully saturated rings. The highest BCUT2D eigenvalue weighted by Gasteiger charge is 2.11. The van der Waals surface area contributed by atoms with E-state index in [0.717, 1.165) is 5.57 Å². The number of aliphatic hydroxyl groups excluding tert-OH is 1. The Kier molecular flexibility index (Phi) is 6.79. The van der Waals surface area contributed by atoms with Crippen LogP contribution in [-0.4, -0.2) is 31.1 Å². The van der Waals surface area contributed by atoms with Gasteiger partial charge in [0.2, 0.25) is 0 Å². The maximum atomic E-state index is 9.53. The highest BCUT2D eigenvalue weighted by Crippen LogP contribution is 2.09. The monoisotopic (exact) mass is 201 g/mol. The van der Waals surface area contributed by atoms with Gasteiger partial charge in [0, 0.05) is 12.6 Å². The van der Waals surface area contributed by atoms with Crippen LogP contribution in [0.5, 0.6) is 0 Å². The van der Waals surface area contributed by atoms with Gasteiger partial charge in [-0.25, -0.2) is 0 Å². The summed E-state index contributed by atoms with van der Waals surface area (Å²) in [6, 6.07) is 0.283. The van der Waals surface area contributed by atoms with E-state index in [2.05, 4.69) is 19.2 Å². The summed E-state index contributed by atoms with van der Waals surface area (Å²) in [5.74, 6) is 0.503. The molecule has 0 heterocycles. The van der Waals surface area contributed by atoms with Gasteiger partial charge >= 0.3 is 0 Å². The zero-order valence-corrected chi connectivity index (χ0v) is 9.87. The molecule has 0 rings (SSSR count). The second-order valence-corrected chi connectivity index (χ2v) is 3.78. The minimum Gasteiger partial charge on any atom is -0.364 e.